The van der Waals surface area contributed by atoms with Crippen LogP contribution in [0.3, 0.4) is 0 Å². The first-order valence-electron chi connectivity index (χ1n) is 13.2. The summed E-state index contributed by atoms with van der Waals surface area (Å²) in [5.74, 6) is -0.654. The predicted molar refractivity (Wildman–Crippen MR) is 151 cm³/mol. The summed E-state index contributed by atoms with van der Waals surface area (Å²) in [6.07, 6.45) is 0.895. The van der Waals surface area contributed by atoms with E-state index in [0.29, 0.717) is 30.3 Å². The van der Waals surface area contributed by atoms with Crippen molar-refractivity contribution in [3.05, 3.63) is 82.1 Å². The van der Waals surface area contributed by atoms with Crippen LogP contribution < -0.4 is 4.74 Å². The Balaban J connectivity index is 1.72. The van der Waals surface area contributed by atoms with Gasteiger partial charge in [-0.3, -0.25) is 9.59 Å². The Morgan fingerprint density at radius 3 is 2.39 bits per heavy atom. The van der Waals surface area contributed by atoms with Gasteiger partial charge in [-0.15, -0.1) is 11.3 Å². The molecule has 2 heterocycles. The molecular weight excluding hydrogens is 498 g/mol. The molecule has 4 rings (SSSR count). The lowest BCUT2D eigenvalue weighted by Crippen LogP contribution is -2.38. The average molecular weight is 534 g/mol. The van der Waals surface area contributed by atoms with Crippen LogP contribution in [0.25, 0.3) is 10.6 Å². The Bertz CT molecular complexity index is 1300. The van der Waals surface area contributed by atoms with Gasteiger partial charge in [0.25, 0.3) is 5.91 Å². The second kappa shape index (κ2) is 12.4. The first-order chi connectivity index (χ1) is 18.4. The van der Waals surface area contributed by atoms with Crippen LogP contribution in [0.1, 0.15) is 54.2 Å². The van der Waals surface area contributed by atoms with Crippen LogP contribution >= 0.6 is 11.3 Å². The van der Waals surface area contributed by atoms with Crippen LogP contribution in [0, 0.1) is 6.92 Å². The summed E-state index contributed by atoms with van der Waals surface area (Å²) in [7, 11) is 0. The number of nitrogens with zero attached hydrogens (tertiary/aromatic N) is 3. The fourth-order valence-corrected chi connectivity index (χ4v) is 5.68. The number of rotatable bonds is 12. The quantitative estimate of drug-likeness (QED) is 0.295. The third-order valence-electron chi connectivity index (χ3n) is 6.79. The molecule has 3 aromatic rings. The van der Waals surface area contributed by atoms with E-state index in [1.165, 1.54) is 11.3 Å². The summed E-state index contributed by atoms with van der Waals surface area (Å²) < 4.78 is 5.73. The van der Waals surface area contributed by atoms with Crippen LogP contribution in [0.4, 0.5) is 0 Å². The molecule has 0 bridgehead atoms. The maximum atomic E-state index is 14.0. The first-order valence-corrected chi connectivity index (χ1v) is 14.0. The van der Waals surface area contributed by atoms with Gasteiger partial charge in [0.1, 0.15) is 10.8 Å². The molecule has 1 aliphatic rings. The van der Waals surface area contributed by atoms with Gasteiger partial charge in [-0.2, -0.15) is 0 Å². The maximum absolute atomic E-state index is 14.0. The van der Waals surface area contributed by atoms with E-state index in [1.807, 2.05) is 61.5 Å². The molecule has 1 N–H and O–H groups in total. The van der Waals surface area contributed by atoms with Crippen LogP contribution in [0.15, 0.2) is 65.9 Å². The fraction of sp³-hybridized carbons (Fsp3) is 0.367. The molecule has 200 valence electrons. The third-order valence-corrected chi connectivity index (χ3v) is 8.00. The number of carbonyl (C=O) groups is 2. The number of amides is 1. The molecule has 1 unspecified atom stereocenters. The summed E-state index contributed by atoms with van der Waals surface area (Å²) in [4.78, 5) is 36.2. The third kappa shape index (κ3) is 5.66. The van der Waals surface area contributed by atoms with E-state index in [4.69, 9.17) is 4.74 Å². The predicted octanol–water partition coefficient (Wildman–Crippen LogP) is 5.83. The van der Waals surface area contributed by atoms with Crippen molar-refractivity contribution >= 4 is 23.0 Å². The zero-order chi connectivity index (χ0) is 27.2. The van der Waals surface area contributed by atoms with Gasteiger partial charge in [0.2, 0.25) is 5.78 Å². The van der Waals surface area contributed by atoms with Gasteiger partial charge >= 0.3 is 0 Å². The number of aliphatic hydroxyl groups excluding tert-OH is 1. The van der Waals surface area contributed by atoms with Crippen molar-refractivity contribution < 1.29 is 19.4 Å². The SMILES string of the molecule is CCCOc1ccc(C2C(C(=O)c3sc(-c4ccccc4)nc3C)=C(O)C(=O)N2CCN(CC)CC)cc1. The highest BCUT2D eigenvalue weighted by Gasteiger charge is 2.44. The minimum absolute atomic E-state index is 0.100. The normalized spacial score (nSPS) is 15.6. The van der Waals surface area contributed by atoms with Crippen molar-refractivity contribution in [3.8, 4) is 16.3 Å². The van der Waals surface area contributed by atoms with Gasteiger partial charge in [-0.25, -0.2) is 4.98 Å². The molecule has 0 saturated heterocycles. The van der Waals surface area contributed by atoms with Crippen LogP contribution in [0.5, 0.6) is 5.75 Å². The molecule has 8 heteroatoms. The second-order valence-corrected chi connectivity index (χ2v) is 10.2. The van der Waals surface area contributed by atoms with Crippen LogP contribution in [0.2, 0.25) is 0 Å². The zero-order valence-electron chi connectivity index (χ0n) is 22.4. The van der Waals surface area contributed by atoms with E-state index < -0.39 is 17.7 Å². The number of aromatic nitrogens is 1. The highest BCUT2D eigenvalue weighted by atomic mass is 32.1. The van der Waals surface area contributed by atoms with E-state index >= 15 is 0 Å². The van der Waals surface area contributed by atoms with Crippen LogP contribution in [-0.2, 0) is 4.79 Å². The number of aryl methyl sites for hydroxylation is 1. The molecule has 0 fully saturated rings. The van der Waals surface area contributed by atoms with Crippen molar-refractivity contribution in [1.29, 1.82) is 0 Å². The van der Waals surface area contributed by atoms with Crippen molar-refractivity contribution in [2.45, 2.75) is 40.2 Å². The summed E-state index contributed by atoms with van der Waals surface area (Å²) >= 11 is 1.28. The molecule has 38 heavy (non-hydrogen) atoms. The summed E-state index contributed by atoms with van der Waals surface area (Å²) in [6.45, 7) is 11.3. The topological polar surface area (TPSA) is 83.0 Å². The fourth-order valence-electron chi connectivity index (χ4n) is 4.65. The molecule has 0 spiro atoms. The lowest BCUT2D eigenvalue weighted by molar-refractivity contribution is -0.129. The number of carbonyl (C=O) groups excluding carboxylic acids is 2. The van der Waals surface area contributed by atoms with E-state index in [1.54, 1.807) is 11.8 Å². The molecule has 0 radical (unpaired) electrons. The molecule has 0 aliphatic carbocycles. The Labute approximate surface area is 228 Å². The van der Waals surface area contributed by atoms with Gasteiger partial charge in [0, 0.05) is 18.7 Å². The maximum Gasteiger partial charge on any atom is 0.290 e. The Morgan fingerprint density at radius 2 is 1.76 bits per heavy atom. The number of ether oxygens (including phenoxy) is 1. The smallest absolute Gasteiger partial charge is 0.290 e. The molecule has 1 atom stereocenters. The number of thiazole rings is 1. The van der Waals surface area contributed by atoms with Crippen molar-refractivity contribution in [1.82, 2.24) is 14.8 Å². The molecule has 0 saturated carbocycles. The van der Waals surface area contributed by atoms with Gasteiger partial charge in [-0.05, 0) is 44.1 Å². The molecule has 2 aromatic carbocycles. The minimum atomic E-state index is -0.701. The highest BCUT2D eigenvalue weighted by Crippen LogP contribution is 2.41. The second-order valence-electron chi connectivity index (χ2n) is 9.24. The molecule has 1 aromatic heterocycles. The molecule has 1 aliphatic heterocycles. The van der Waals surface area contributed by atoms with E-state index in [9.17, 15) is 14.7 Å². The van der Waals surface area contributed by atoms with Gasteiger partial charge in [0.05, 0.1) is 28.8 Å². The monoisotopic (exact) mass is 533 g/mol. The van der Waals surface area contributed by atoms with Crippen molar-refractivity contribution in [2.75, 3.05) is 32.8 Å². The largest absolute Gasteiger partial charge is 0.503 e. The highest BCUT2D eigenvalue weighted by molar-refractivity contribution is 7.17. The Morgan fingerprint density at radius 1 is 1.08 bits per heavy atom. The standard InChI is InChI=1S/C30H35N3O4S/c1-5-19-37-23-15-13-21(14-16-23)25-24(27(35)30(36)33(25)18-17-32(6-2)7-3)26(34)28-20(4)31-29(38-28)22-11-9-8-10-12-22/h8-16,25,35H,5-7,17-19H2,1-4H3. The lowest BCUT2D eigenvalue weighted by Gasteiger charge is -2.29. The number of benzene rings is 2. The minimum Gasteiger partial charge on any atom is -0.503 e. The average Bonchev–Trinajstić information content (AvgIpc) is 3.45. The van der Waals surface area contributed by atoms with E-state index in [0.717, 1.165) is 41.4 Å². The molecule has 1 amide bonds. The van der Waals surface area contributed by atoms with E-state index in [-0.39, 0.29) is 11.4 Å². The molecular formula is C30H35N3O4S. The number of Topliss-reactive ketones (excluding diaryl/α,β-unsaturated/α-hetero) is 1. The number of ketones is 1. The van der Waals surface area contributed by atoms with Gasteiger partial charge < -0.3 is 19.6 Å². The lowest BCUT2D eigenvalue weighted by atomic mass is 9.95. The van der Waals surface area contributed by atoms with E-state index in [2.05, 4.69) is 23.7 Å². The zero-order valence-corrected chi connectivity index (χ0v) is 23.3. The van der Waals surface area contributed by atoms with Gasteiger partial charge in [0.15, 0.2) is 5.76 Å². The first kappa shape index (κ1) is 27.5. The van der Waals surface area contributed by atoms with Crippen molar-refractivity contribution in [2.24, 2.45) is 0 Å². The van der Waals surface area contributed by atoms with Crippen LogP contribution in [-0.4, -0.2) is 64.4 Å². The van der Waals surface area contributed by atoms with Crippen molar-refractivity contribution in [3.63, 3.8) is 0 Å². The Hall–Kier alpha value is -3.49. The number of hydrogen-bond donors (Lipinski definition) is 1. The molecule has 7 nitrogen and oxygen atoms in total. The number of likely N-dealkylation sites (N-methyl/N-ethyl adjacent to an activating group) is 1. The number of aliphatic hydroxyl groups is 1. The summed E-state index contributed by atoms with van der Waals surface area (Å²) in [5.41, 5.74) is 2.35. The summed E-state index contributed by atoms with van der Waals surface area (Å²) in [5, 5.41) is 11.8. The Kier molecular flexibility index (Phi) is 8.97. The summed E-state index contributed by atoms with van der Waals surface area (Å²) in [6, 6.07) is 16.4. The van der Waals surface area contributed by atoms with Gasteiger partial charge in [-0.1, -0.05) is 63.2 Å². The number of hydrogen-bond acceptors (Lipinski definition) is 7.